The third kappa shape index (κ3) is 3.70. The molecule has 226 valence electrons. The molecule has 0 unspecified atom stereocenters. The van der Waals surface area contributed by atoms with Gasteiger partial charge in [0, 0.05) is 33.6 Å². The fourth-order valence-electron chi connectivity index (χ4n) is 7.34. The van der Waals surface area contributed by atoms with Crippen molar-refractivity contribution in [3.8, 4) is 11.1 Å². The number of para-hydroxylation sites is 2. The van der Waals surface area contributed by atoms with E-state index in [1.54, 1.807) is 0 Å². The first-order chi connectivity index (χ1) is 22.0. The molecule has 46 heavy (non-hydrogen) atoms. The molecule has 2 heterocycles. The minimum Gasteiger partial charge on any atom is -0.506 e. The Hall–Kier alpha value is -5.62. The average Bonchev–Trinajstić information content (AvgIpc) is 3.46. The number of hydrogen-bond donors (Lipinski definition) is 4. The molecule has 6 heteroatoms. The number of Topliss-reactive ketones (excluding diaryl/α,β-unsaturated/α-hetero) is 2. The minimum absolute atomic E-state index is 0.0122. The zero-order chi connectivity index (χ0) is 32.1. The maximum atomic E-state index is 13.4. The Balaban J connectivity index is 1.04. The Labute approximate surface area is 267 Å². The molecule has 0 bridgehead atoms. The van der Waals surface area contributed by atoms with Gasteiger partial charge in [0.15, 0.2) is 0 Å². The standard InChI is InChI=1S/C40H32N2O4/c1-39(2)25-9-5-7-11-27(25)41-37(39)31-33(43)29(34(31)44)23-17-13-21(14-18-23)22-15-19-24(20-16-22)30-35(45)32(36(30)46)38-40(3,4)26-10-6-8-12-28(26)42-38/h5-20,41-43,45H,1-4H3. The number of aliphatic hydroxyl groups excluding tert-OH is 2. The molecule has 6 nitrogen and oxygen atoms in total. The highest BCUT2D eigenvalue weighted by Gasteiger charge is 2.46. The number of rotatable bonds is 3. The highest BCUT2D eigenvalue weighted by molar-refractivity contribution is 6.40. The molecular formula is C40H32N2O4. The lowest BCUT2D eigenvalue weighted by Gasteiger charge is -2.29. The molecule has 4 N–H and O–H groups in total. The second-order valence-corrected chi connectivity index (χ2v) is 13.4. The Kier molecular flexibility index (Phi) is 5.73. The number of fused-ring (bicyclic) bond motifs is 2. The zero-order valence-corrected chi connectivity index (χ0v) is 25.9. The molecular weight excluding hydrogens is 572 g/mol. The lowest BCUT2D eigenvalue weighted by Crippen LogP contribution is -2.29. The average molecular weight is 605 g/mol. The molecule has 4 aromatic rings. The second kappa shape index (κ2) is 9.44. The smallest absolute Gasteiger partial charge is 0.202 e. The summed E-state index contributed by atoms with van der Waals surface area (Å²) < 4.78 is 0. The van der Waals surface area contributed by atoms with Crippen LogP contribution < -0.4 is 10.6 Å². The number of anilines is 2. The van der Waals surface area contributed by atoms with Gasteiger partial charge in [-0.15, -0.1) is 0 Å². The van der Waals surface area contributed by atoms with Gasteiger partial charge in [-0.2, -0.15) is 0 Å². The van der Waals surface area contributed by atoms with E-state index in [-0.39, 0.29) is 23.1 Å². The van der Waals surface area contributed by atoms with Crippen molar-refractivity contribution in [2.45, 2.75) is 38.5 Å². The molecule has 0 amide bonds. The van der Waals surface area contributed by atoms with Crippen LogP contribution in [-0.4, -0.2) is 21.8 Å². The molecule has 2 aliphatic heterocycles. The summed E-state index contributed by atoms with van der Waals surface area (Å²) in [5, 5.41) is 28.9. The molecule has 4 aliphatic rings. The minimum atomic E-state index is -0.428. The summed E-state index contributed by atoms with van der Waals surface area (Å²) in [6.07, 6.45) is 0. The maximum Gasteiger partial charge on any atom is 0.202 e. The van der Waals surface area contributed by atoms with Crippen molar-refractivity contribution < 1.29 is 19.8 Å². The van der Waals surface area contributed by atoms with E-state index >= 15 is 0 Å². The Morgan fingerprint density at radius 1 is 0.457 bits per heavy atom. The van der Waals surface area contributed by atoms with Gasteiger partial charge in [0.25, 0.3) is 0 Å². The van der Waals surface area contributed by atoms with Gasteiger partial charge in [0.1, 0.15) is 11.5 Å². The fraction of sp³-hybridized carbons (Fsp3) is 0.150. The second-order valence-electron chi connectivity index (χ2n) is 13.4. The molecule has 8 rings (SSSR count). The molecule has 2 aliphatic carbocycles. The monoisotopic (exact) mass is 604 g/mol. The Morgan fingerprint density at radius 2 is 0.783 bits per heavy atom. The van der Waals surface area contributed by atoms with Gasteiger partial charge < -0.3 is 20.8 Å². The van der Waals surface area contributed by atoms with Crippen molar-refractivity contribution in [3.05, 3.63) is 153 Å². The van der Waals surface area contributed by atoms with E-state index in [4.69, 9.17) is 0 Å². The predicted octanol–water partition coefficient (Wildman–Crippen LogP) is 8.37. The van der Waals surface area contributed by atoms with Crippen molar-refractivity contribution in [1.82, 2.24) is 0 Å². The summed E-state index contributed by atoms with van der Waals surface area (Å²) in [7, 11) is 0. The predicted molar refractivity (Wildman–Crippen MR) is 181 cm³/mol. The molecule has 4 aromatic carbocycles. The Morgan fingerprint density at radius 3 is 1.11 bits per heavy atom. The first-order valence-corrected chi connectivity index (χ1v) is 15.4. The van der Waals surface area contributed by atoms with Crippen LogP contribution in [0.3, 0.4) is 0 Å². The number of aliphatic hydroxyl groups is 2. The molecule has 0 atom stereocenters. The highest BCUT2D eigenvalue weighted by atomic mass is 16.3. The van der Waals surface area contributed by atoms with E-state index in [0.717, 1.165) is 45.0 Å². The van der Waals surface area contributed by atoms with E-state index in [0.29, 0.717) is 33.4 Å². The normalized spacial score (nSPS) is 22.2. The van der Waals surface area contributed by atoms with Crippen molar-refractivity contribution in [1.29, 1.82) is 0 Å². The summed E-state index contributed by atoms with van der Waals surface area (Å²) >= 11 is 0. The number of carbonyl (C=O) groups is 2. The summed E-state index contributed by atoms with van der Waals surface area (Å²) in [6.45, 7) is 8.20. The van der Waals surface area contributed by atoms with E-state index in [2.05, 4.69) is 10.6 Å². The van der Waals surface area contributed by atoms with Crippen LogP contribution in [0.15, 0.2) is 131 Å². The van der Waals surface area contributed by atoms with Crippen LogP contribution in [-0.2, 0) is 20.4 Å². The van der Waals surface area contributed by atoms with E-state index in [9.17, 15) is 19.8 Å². The number of ketones is 2. The lowest BCUT2D eigenvalue weighted by atomic mass is 9.75. The molecule has 0 aromatic heterocycles. The van der Waals surface area contributed by atoms with Gasteiger partial charge in [-0.05, 0) is 45.5 Å². The van der Waals surface area contributed by atoms with Crippen LogP contribution in [0.1, 0.15) is 49.9 Å². The fourth-order valence-corrected chi connectivity index (χ4v) is 7.34. The van der Waals surface area contributed by atoms with Crippen LogP contribution in [0.4, 0.5) is 11.4 Å². The SMILES string of the molecule is CC1(C)C(=C2C(=O)C(c3ccc(-c4ccc(C5=C(O)C(=C6Nc7ccccc7C6(C)C)C5=O)cc4)cc3)=C2O)Nc2ccccc21. The molecule has 0 spiro atoms. The van der Waals surface area contributed by atoms with Crippen molar-refractivity contribution in [2.24, 2.45) is 0 Å². The summed E-state index contributed by atoms with van der Waals surface area (Å²) in [4.78, 5) is 26.7. The number of hydrogen-bond acceptors (Lipinski definition) is 6. The number of nitrogens with one attached hydrogen (secondary N) is 2. The number of allylic oxidation sites excluding steroid dienone is 6. The maximum absolute atomic E-state index is 13.4. The van der Waals surface area contributed by atoms with Gasteiger partial charge in [-0.3, -0.25) is 9.59 Å². The molecule has 0 saturated heterocycles. The number of benzene rings is 4. The van der Waals surface area contributed by atoms with Crippen LogP contribution in [0, 0.1) is 0 Å². The lowest BCUT2D eigenvalue weighted by molar-refractivity contribution is -0.112. The zero-order valence-electron chi connectivity index (χ0n) is 25.9. The highest BCUT2D eigenvalue weighted by Crippen LogP contribution is 2.50. The van der Waals surface area contributed by atoms with E-state index in [1.165, 1.54) is 0 Å². The third-order valence-corrected chi connectivity index (χ3v) is 10.0. The number of carbonyl (C=O) groups excluding carboxylic acids is 2. The third-order valence-electron chi connectivity index (χ3n) is 10.0. The quantitative estimate of drug-likeness (QED) is 0.175. The van der Waals surface area contributed by atoms with E-state index < -0.39 is 10.8 Å². The molecule has 0 radical (unpaired) electrons. The van der Waals surface area contributed by atoms with Crippen LogP contribution in [0.25, 0.3) is 22.3 Å². The van der Waals surface area contributed by atoms with Crippen LogP contribution in [0.2, 0.25) is 0 Å². The largest absolute Gasteiger partial charge is 0.506 e. The molecule has 0 saturated carbocycles. The summed E-state index contributed by atoms with van der Waals surface area (Å²) in [5.74, 6) is -0.326. The van der Waals surface area contributed by atoms with E-state index in [1.807, 2.05) is 125 Å². The van der Waals surface area contributed by atoms with Gasteiger partial charge in [-0.1, -0.05) is 113 Å². The van der Waals surface area contributed by atoms with Crippen LogP contribution >= 0.6 is 0 Å². The van der Waals surface area contributed by atoms with Crippen molar-refractivity contribution >= 4 is 34.1 Å². The van der Waals surface area contributed by atoms with Gasteiger partial charge in [0.05, 0.1) is 22.3 Å². The summed E-state index contributed by atoms with van der Waals surface area (Å²) in [5.41, 5.74) is 9.14. The summed E-state index contributed by atoms with van der Waals surface area (Å²) in [6, 6.07) is 30.9. The van der Waals surface area contributed by atoms with Crippen molar-refractivity contribution in [2.75, 3.05) is 10.6 Å². The first kappa shape index (κ1) is 27.9. The first-order valence-electron chi connectivity index (χ1n) is 15.4. The van der Waals surface area contributed by atoms with Gasteiger partial charge in [0.2, 0.25) is 11.6 Å². The van der Waals surface area contributed by atoms with Crippen LogP contribution in [0.5, 0.6) is 0 Å². The Bertz CT molecular complexity index is 2020. The molecule has 0 fully saturated rings. The van der Waals surface area contributed by atoms with Gasteiger partial charge in [-0.25, -0.2) is 0 Å². The van der Waals surface area contributed by atoms with Gasteiger partial charge >= 0.3 is 0 Å². The van der Waals surface area contributed by atoms with Crippen molar-refractivity contribution in [3.63, 3.8) is 0 Å². The topological polar surface area (TPSA) is 98.7 Å².